The van der Waals surface area contributed by atoms with Crippen molar-refractivity contribution in [2.24, 2.45) is 5.92 Å². The molecule has 0 saturated heterocycles. The number of nitrogens with two attached hydrogens (primary N) is 1. The molecule has 0 aliphatic heterocycles. The minimum atomic E-state index is 0.523. The molecular formula is C16H21N3S. The molecule has 106 valence electrons. The molecular weight excluding hydrogens is 266 g/mol. The Labute approximate surface area is 123 Å². The van der Waals surface area contributed by atoms with Gasteiger partial charge in [0, 0.05) is 10.8 Å². The number of aryl methyl sites for hydroxylation is 2. The van der Waals surface area contributed by atoms with Gasteiger partial charge in [-0.3, -0.25) is 0 Å². The smallest absolute Gasteiger partial charge is 0.136 e. The zero-order chi connectivity index (χ0) is 13.7. The van der Waals surface area contributed by atoms with Crippen molar-refractivity contribution in [3.05, 3.63) is 16.3 Å². The number of hydrogen-bond acceptors (Lipinski definition) is 4. The highest BCUT2D eigenvalue weighted by atomic mass is 32.1. The van der Waals surface area contributed by atoms with E-state index in [-0.39, 0.29) is 0 Å². The van der Waals surface area contributed by atoms with Crippen LogP contribution in [0.4, 0.5) is 5.82 Å². The van der Waals surface area contributed by atoms with Crippen molar-refractivity contribution < 1.29 is 0 Å². The van der Waals surface area contributed by atoms with Crippen molar-refractivity contribution in [2.75, 3.05) is 5.73 Å². The SMILES string of the molecule is CC1CCC(c2nc(N)c3c4c(sc3n2)CCC4)CC1. The van der Waals surface area contributed by atoms with Crippen LogP contribution in [0, 0.1) is 5.92 Å². The van der Waals surface area contributed by atoms with Gasteiger partial charge in [-0.05, 0) is 43.6 Å². The number of fused-ring (bicyclic) bond motifs is 3. The van der Waals surface area contributed by atoms with Crippen LogP contribution in [-0.2, 0) is 12.8 Å². The average Bonchev–Trinajstić information content (AvgIpc) is 2.99. The van der Waals surface area contributed by atoms with Gasteiger partial charge in [-0.2, -0.15) is 0 Å². The van der Waals surface area contributed by atoms with Gasteiger partial charge in [0.15, 0.2) is 0 Å². The molecule has 3 nitrogen and oxygen atoms in total. The molecule has 0 spiro atoms. The highest BCUT2D eigenvalue weighted by Crippen LogP contribution is 2.41. The Morgan fingerprint density at radius 3 is 2.70 bits per heavy atom. The molecule has 2 aromatic rings. The quantitative estimate of drug-likeness (QED) is 0.860. The van der Waals surface area contributed by atoms with E-state index in [2.05, 4.69) is 11.9 Å². The number of nitrogen functional groups attached to an aromatic ring is 1. The Morgan fingerprint density at radius 1 is 1.10 bits per heavy atom. The van der Waals surface area contributed by atoms with Crippen molar-refractivity contribution in [1.82, 2.24) is 9.97 Å². The molecule has 20 heavy (non-hydrogen) atoms. The first-order valence-corrected chi connectivity index (χ1v) is 8.61. The monoisotopic (exact) mass is 287 g/mol. The first-order valence-electron chi connectivity index (χ1n) is 7.80. The van der Waals surface area contributed by atoms with Crippen LogP contribution in [0.2, 0.25) is 0 Å². The summed E-state index contributed by atoms with van der Waals surface area (Å²) < 4.78 is 0. The summed E-state index contributed by atoms with van der Waals surface area (Å²) in [6.45, 7) is 2.35. The number of anilines is 1. The predicted octanol–water partition coefficient (Wildman–Crippen LogP) is 4.06. The fourth-order valence-electron chi connectivity index (χ4n) is 3.74. The third kappa shape index (κ3) is 1.93. The Hall–Kier alpha value is -1.16. The summed E-state index contributed by atoms with van der Waals surface area (Å²) >= 11 is 1.85. The van der Waals surface area contributed by atoms with Gasteiger partial charge in [-0.15, -0.1) is 11.3 Å². The fraction of sp³-hybridized carbons (Fsp3) is 0.625. The highest BCUT2D eigenvalue weighted by Gasteiger charge is 2.25. The van der Waals surface area contributed by atoms with E-state index in [1.165, 1.54) is 49.0 Å². The Bertz CT molecular complexity index is 653. The maximum atomic E-state index is 6.26. The molecule has 0 aromatic carbocycles. The highest BCUT2D eigenvalue weighted by molar-refractivity contribution is 7.19. The summed E-state index contributed by atoms with van der Waals surface area (Å²) in [6.07, 6.45) is 8.66. The molecule has 2 aliphatic carbocycles. The van der Waals surface area contributed by atoms with Crippen LogP contribution >= 0.6 is 11.3 Å². The molecule has 0 unspecified atom stereocenters. The number of nitrogens with zero attached hydrogens (tertiary/aromatic N) is 2. The summed E-state index contributed by atoms with van der Waals surface area (Å²) in [7, 11) is 0. The minimum Gasteiger partial charge on any atom is -0.383 e. The lowest BCUT2D eigenvalue weighted by atomic mass is 9.82. The summed E-state index contributed by atoms with van der Waals surface area (Å²) in [5, 5.41) is 1.16. The van der Waals surface area contributed by atoms with Crippen LogP contribution in [0.3, 0.4) is 0 Å². The van der Waals surface area contributed by atoms with E-state index in [1.54, 1.807) is 0 Å². The minimum absolute atomic E-state index is 0.523. The van der Waals surface area contributed by atoms with Gasteiger partial charge in [0.25, 0.3) is 0 Å². The van der Waals surface area contributed by atoms with E-state index < -0.39 is 0 Å². The summed E-state index contributed by atoms with van der Waals surface area (Å²) in [5.74, 6) is 3.11. The first-order chi connectivity index (χ1) is 9.72. The molecule has 1 saturated carbocycles. The lowest BCUT2D eigenvalue weighted by Crippen LogP contribution is -2.14. The van der Waals surface area contributed by atoms with Gasteiger partial charge < -0.3 is 5.73 Å². The third-order valence-electron chi connectivity index (χ3n) is 4.99. The molecule has 2 N–H and O–H groups in total. The standard InChI is InChI=1S/C16H21N3S/c1-9-5-7-10(8-6-9)15-18-14(17)13-11-3-2-4-12(11)20-16(13)19-15/h9-10H,2-8H2,1H3,(H2,17,18,19). The lowest BCUT2D eigenvalue weighted by molar-refractivity contribution is 0.340. The molecule has 0 bridgehead atoms. The van der Waals surface area contributed by atoms with Crippen LogP contribution in [0.15, 0.2) is 0 Å². The van der Waals surface area contributed by atoms with Crippen molar-refractivity contribution in [3.8, 4) is 0 Å². The Morgan fingerprint density at radius 2 is 1.90 bits per heavy atom. The predicted molar refractivity (Wildman–Crippen MR) is 84.2 cm³/mol. The maximum Gasteiger partial charge on any atom is 0.136 e. The van der Waals surface area contributed by atoms with E-state index in [1.807, 2.05) is 11.3 Å². The zero-order valence-corrected chi connectivity index (χ0v) is 12.8. The zero-order valence-electron chi connectivity index (χ0n) is 12.0. The van der Waals surface area contributed by atoms with Crippen LogP contribution in [-0.4, -0.2) is 9.97 Å². The first kappa shape index (κ1) is 12.6. The van der Waals surface area contributed by atoms with Gasteiger partial charge in [0.1, 0.15) is 16.5 Å². The fourth-order valence-corrected chi connectivity index (χ4v) is 5.02. The van der Waals surface area contributed by atoms with Gasteiger partial charge in [-0.1, -0.05) is 19.8 Å². The number of aromatic nitrogens is 2. The second kappa shape index (κ2) is 4.69. The Balaban J connectivity index is 1.75. The second-order valence-electron chi connectivity index (χ2n) is 6.46. The van der Waals surface area contributed by atoms with E-state index in [0.29, 0.717) is 5.92 Å². The summed E-state index contributed by atoms with van der Waals surface area (Å²) in [6, 6.07) is 0. The molecule has 2 aliphatic rings. The molecule has 1 fully saturated rings. The third-order valence-corrected chi connectivity index (χ3v) is 6.18. The van der Waals surface area contributed by atoms with E-state index in [0.717, 1.165) is 34.2 Å². The largest absolute Gasteiger partial charge is 0.383 e. The summed E-state index contributed by atoms with van der Waals surface area (Å²) in [5.41, 5.74) is 7.70. The van der Waals surface area contributed by atoms with Crippen molar-refractivity contribution in [3.63, 3.8) is 0 Å². The van der Waals surface area contributed by atoms with Crippen molar-refractivity contribution >= 4 is 27.4 Å². The number of thiophene rings is 1. The van der Waals surface area contributed by atoms with Crippen LogP contribution in [0.25, 0.3) is 10.2 Å². The number of rotatable bonds is 1. The van der Waals surface area contributed by atoms with Gasteiger partial charge in [0.05, 0.1) is 5.39 Å². The van der Waals surface area contributed by atoms with Crippen molar-refractivity contribution in [1.29, 1.82) is 0 Å². The molecule has 0 amide bonds. The maximum absolute atomic E-state index is 6.26. The molecule has 2 heterocycles. The van der Waals surface area contributed by atoms with Gasteiger partial charge in [-0.25, -0.2) is 9.97 Å². The van der Waals surface area contributed by atoms with Gasteiger partial charge >= 0.3 is 0 Å². The Kier molecular flexibility index (Phi) is 2.95. The molecule has 4 heteroatoms. The topological polar surface area (TPSA) is 51.8 Å². The summed E-state index contributed by atoms with van der Waals surface area (Å²) in [4.78, 5) is 12.2. The van der Waals surface area contributed by atoms with Crippen LogP contribution in [0.5, 0.6) is 0 Å². The molecule has 0 atom stereocenters. The van der Waals surface area contributed by atoms with Crippen LogP contribution < -0.4 is 5.73 Å². The van der Waals surface area contributed by atoms with Crippen LogP contribution in [0.1, 0.15) is 61.2 Å². The number of hydrogen-bond donors (Lipinski definition) is 1. The lowest BCUT2D eigenvalue weighted by Gasteiger charge is -2.25. The normalized spacial score (nSPS) is 26.1. The molecule has 4 rings (SSSR count). The molecule has 2 aromatic heterocycles. The van der Waals surface area contributed by atoms with Gasteiger partial charge in [0.2, 0.25) is 0 Å². The van der Waals surface area contributed by atoms with Crippen molar-refractivity contribution in [2.45, 2.75) is 57.8 Å². The van der Waals surface area contributed by atoms with E-state index >= 15 is 0 Å². The molecule has 0 radical (unpaired) electrons. The second-order valence-corrected chi connectivity index (χ2v) is 7.54. The van der Waals surface area contributed by atoms with E-state index in [4.69, 9.17) is 10.7 Å². The average molecular weight is 287 g/mol. The van der Waals surface area contributed by atoms with E-state index in [9.17, 15) is 0 Å².